The maximum atomic E-state index is 13.8. The quantitative estimate of drug-likeness (QED) is 0.0482. The van der Waals surface area contributed by atoms with Crippen LogP contribution >= 0.6 is 0 Å². The molecule has 4 aromatic heterocycles. The zero-order chi connectivity index (χ0) is 53.4. The van der Waals surface area contributed by atoms with E-state index in [1.165, 1.54) is 58.8 Å². The van der Waals surface area contributed by atoms with E-state index in [9.17, 15) is 36.7 Å². The summed E-state index contributed by atoms with van der Waals surface area (Å²) in [5.41, 5.74) is 2.04. The summed E-state index contributed by atoms with van der Waals surface area (Å²) in [7, 11) is 0. The van der Waals surface area contributed by atoms with Gasteiger partial charge in [0.25, 0.3) is 0 Å². The SMILES string of the molecule is CC.Cc1c(F)cc(O[C@@H]2CCCN(C(=O)Cn3cc(NC(=O)CCNc4ccnc(F)n4)cn3)C2)cc1F.Cc1ccc(OC2CC3CC2N(C(=O)Cn2cc(NC(=O)CCNc4ccnc(F)n4)cn2)C3)cc1.[HH].[HH].[HH].[HH]. The molecule has 3 unspecified atom stereocenters. The van der Waals surface area contributed by atoms with Gasteiger partial charge in [-0.15, -0.1) is 0 Å². The summed E-state index contributed by atoms with van der Waals surface area (Å²) in [5, 5.41) is 19.5. The third-order valence-corrected chi connectivity index (χ3v) is 12.3. The Kier molecular flexibility index (Phi) is 19.0. The van der Waals surface area contributed by atoms with Gasteiger partial charge < -0.3 is 40.5 Å². The van der Waals surface area contributed by atoms with Gasteiger partial charge in [0.05, 0.1) is 36.4 Å². The average molecular weight is 1050 g/mol. The van der Waals surface area contributed by atoms with Crippen molar-refractivity contribution >= 4 is 46.6 Å². The molecule has 1 saturated carbocycles. The number of carbonyl (C=O) groups is 4. The molecule has 6 aromatic rings. The number of ether oxygens (including phenoxy) is 2. The number of rotatable bonds is 18. The number of amides is 4. The molecule has 3 aliphatic rings. The summed E-state index contributed by atoms with van der Waals surface area (Å²) in [6.45, 7) is 9.50. The molecule has 0 spiro atoms. The number of carbonyl (C=O) groups excluding carboxylic acids is 4. The van der Waals surface area contributed by atoms with Gasteiger partial charge in [-0.2, -0.15) is 28.9 Å². The topological polar surface area (TPSA) is 229 Å². The molecule has 75 heavy (non-hydrogen) atoms. The molecule has 4 atom stereocenters. The Morgan fingerprint density at radius 3 is 1.81 bits per heavy atom. The number of aryl methyl sites for hydroxylation is 1. The number of piperidine rings is 2. The van der Waals surface area contributed by atoms with E-state index >= 15 is 0 Å². The van der Waals surface area contributed by atoms with E-state index in [-0.39, 0.29) is 110 Å². The van der Waals surface area contributed by atoms with Crippen LogP contribution in [0.2, 0.25) is 0 Å². The highest BCUT2D eigenvalue weighted by molar-refractivity contribution is 5.91. The fourth-order valence-corrected chi connectivity index (χ4v) is 8.73. The monoisotopic (exact) mass is 1050 g/mol. The Morgan fingerprint density at radius 1 is 0.707 bits per heavy atom. The normalized spacial score (nSPS) is 17.4. The lowest BCUT2D eigenvalue weighted by molar-refractivity contribution is -0.136. The van der Waals surface area contributed by atoms with Crippen molar-refractivity contribution in [3.05, 3.63) is 121 Å². The highest BCUT2D eigenvalue weighted by Crippen LogP contribution is 2.40. The third-order valence-electron chi connectivity index (χ3n) is 12.3. The summed E-state index contributed by atoms with van der Waals surface area (Å²) in [6.07, 6.45) is 10.1. The minimum absolute atomic E-state index is 0. The number of fused-ring (bicyclic) bond motifs is 2. The van der Waals surface area contributed by atoms with Crippen molar-refractivity contribution in [3.8, 4) is 11.5 Å². The summed E-state index contributed by atoms with van der Waals surface area (Å²) < 4.78 is 68.6. The van der Waals surface area contributed by atoms with Crippen molar-refractivity contribution in [2.75, 3.05) is 54.0 Å². The molecular weight excluding hydrogens is 981 g/mol. The number of aromatic nitrogens is 8. The highest BCUT2D eigenvalue weighted by Gasteiger charge is 2.48. The fourth-order valence-electron chi connectivity index (χ4n) is 8.73. The first-order chi connectivity index (χ1) is 36.2. The lowest BCUT2D eigenvalue weighted by Gasteiger charge is -2.33. The number of hydrogen-bond donors (Lipinski definition) is 4. The van der Waals surface area contributed by atoms with Crippen molar-refractivity contribution in [1.29, 1.82) is 0 Å². The van der Waals surface area contributed by atoms with Crippen molar-refractivity contribution in [2.45, 2.75) is 97.6 Å². The molecule has 24 heteroatoms. The lowest BCUT2D eigenvalue weighted by Crippen LogP contribution is -2.48. The van der Waals surface area contributed by atoms with Crippen LogP contribution in [0.5, 0.6) is 11.5 Å². The van der Waals surface area contributed by atoms with E-state index in [0.29, 0.717) is 42.5 Å². The lowest BCUT2D eigenvalue weighted by atomic mass is 10.1. The Bertz CT molecular complexity index is 2890. The van der Waals surface area contributed by atoms with E-state index < -0.39 is 23.8 Å². The first-order valence-electron chi connectivity index (χ1n) is 24.7. The first-order valence-corrected chi connectivity index (χ1v) is 24.7. The standard InChI is InChI=1S/C25H28FN7O3.C24H26F3N7O3.C2H6.4H2/c1-16-2-4-19(5-3-16)36-21-11-17-10-20(21)33(13-17)24(35)15-32-14-18(12-29-32)30-23(34)7-9-27-22-6-8-28-25(26)31-22;1-15-19(25)9-18(10-20(15)26)37-17-3-2-8-33(13-17)23(36)14-34-12-16(11-30-34)31-22(35)5-7-28-21-4-6-29-24(27)32-21;1-2;;;;/h2-6,8,12,14,17,20-21H,7,9-11,13,15H2,1H3,(H,30,34)(H,27,28,31);4,6,9-12,17H,2-3,5,7-8,13-14H2,1H3,(H,31,35)(H,28,29,32);1-2H3;4*1H/t;17-;;;;;/m.1...../s1. The Hall–Kier alpha value is -8.18. The van der Waals surface area contributed by atoms with E-state index in [1.54, 1.807) is 17.3 Å². The maximum Gasteiger partial charge on any atom is 0.310 e. The summed E-state index contributed by atoms with van der Waals surface area (Å²) >= 11 is 0. The second-order valence-electron chi connectivity index (χ2n) is 17.9. The molecule has 2 saturated heterocycles. The summed E-state index contributed by atoms with van der Waals surface area (Å²) in [5.74, 6) is -0.157. The van der Waals surface area contributed by atoms with Crippen LogP contribution in [0, 0.1) is 43.6 Å². The molecule has 1 aliphatic carbocycles. The number of anilines is 4. The molecule has 3 fully saturated rings. The molecule has 2 aromatic carbocycles. The number of hydrogen-bond acceptors (Lipinski definition) is 14. The molecule has 2 aliphatic heterocycles. The molecular formula is C51H68F4N14O6. The second kappa shape index (κ2) is 26.2. The van der Waals surface area contributed by atoms with Crippen LogP contribution in [0.3, 0.4) is 0 Å². The van der Waals surface area contributed by atoms with Crippen LogP contribution < -0.4 is 30.7 Å². The first kappa shape index (κ1) is 54.6. The fraction of sp³-hybridized carbons (Fsp3) is 0.412. The van der Waals surface area contributed by atoms with E-state index in [4.69, 9.17) is 9.47 Å². The minimum Gasteiger partial charge on any atom is -0.488 e. The number of likely N-dealkylation sites (tertiary alicyclic amines) is 2. The number of halogens is 4. The maximum absolute atomic E-state index is 13.8. The highest BCUT2D eigenvalue weighted by atomic mass is 19.1. The van der Waals surface area contributed by atoms with Gasteiger partial charge in [-0.1, -0.05) is 31.5 Å². The van der Waals surface area contributed by atoms with Crippen molar-refractivity contribution in [2.24, 2.45) is 5.92 Å². The van der Waals surface area contributed by atoms with Gasteiger partial charge in [0, 0.05) is 87.2 Å². The van der Waals surface area contributed by atoms with Gasteiger partial charge >= 0.3 is 12.2 Å². The van der Waals surface area contributed by atoms with E-state index in [0.717, 1.165) is 37.3 Å². The van der Waals surface area contributed by atoms with Crippen molar-refractivity contribution in [3.63, 3.8) is 0 Å². The molecule has 4 N–H and O–H groups in total. The van der Waals surface area contributed by atoms with Gasteiger partial charge in [-0.25, -0.2) is 18.7 Å². The van der Waals surface area contributed by atoms with Gasteiger partial charge in [0.15, 0.2) is 0 Å². The number of benzene rings is 2. The van der Waals surface area contributed by atoms with Crippen molar-refractivity contribution in [1.82, 2.24) is 49.3 Å². The molecule has 4 amide bonds. The average Bonchev–Trinajstić information content (AvgIpc) is 4.22. The van der Waals surface area contributed by atoms with Crippen LogP contribution in [0.15, 0.2) is 85.7 Å². The Labute approximate surface area is 436 Å². The second-order valence-corrected chi connectivity index (χ2v) is 17.9. The largest absolute Gasteiger partial charge is 0.488 e. The smallest absolute Gasteiger partial charge is 0.310 e. The molecule has 20 nitrogen and oxygen atoms in total. The molecule has 6 heterocycles. The van der Waals surface area contributed by atoms with E-state index in [2.05, 4.69) is 51.4 Å². The van der Waals surface area contributed by atoms with Crippen LogP contribution in [0.25, 0.3) is 0 Å². The predicted molar refractivity (Wildman–Crippen MR) is 277 cm³/mol. The van der Waals surface area contributed by atoms with E-state index in [1.807, 2.05) is 49.9 Å². The molecule has 2 bridgehead atoms. The van der Waals surface area contributed by atoms with Crippen LogP contribution in [-0.2, 0) is 32.3 Å². The third kappa shape index (κ3) is 15.9. The number of nitrogens with zero attached hydrogens (tertiary/aromatic N) is 10. The molecule has 406 valence electrons. The van der Waals surface area contributed by atoms with Gasteiger partial charge in [0.1, 0.15) is 60.1 Å². The van der Waals surface area contributed by atoms with Gasteiger partial charge in [-0.05, 0) is 69.7 Å². The summed E-state index contributed by atoms with van der Waals surface area (Å²) in [6, 6.07) is 13.3. The summed E-state index contributed by atoms with van der Waals surface area (Å²) in [4.78, 5) is 67.6. The Morgan fingerprint density at radius 2 is 1.27 bits per heavy atom. The van der Waals surface area contributed by atoms with Crippen LogP contribution in [-0.4, -0.2) is 124 Å². The van der Waals surface area contributed by atoms with Crippen LogP contribution in [0.4, 0.5) is 40.6 Å². The zero-order valence-corrected chi connectivity index (χ0v) is 42.0. The Balaban J connectivity index is 0.000000384. The zero-order valence-electron chi connectivity index (χ0n) is 42.0. The van der Waals surface area contributed by atoms with Crippen molar-refractivity contribution < 1.29 is 51.9 Å². The minimum atomic E-state index is -0.860. The molecule has 9 rings (SSSR count). The predicted octanol–water partition coefficient (Wildman–Crippen LogP) is 7.55. The van der Waals surface area contributed by atoms with Gasteiger partial charge in [0.2, 0.25) is 23.6 Å². The van der Waals surface area contributed by atoms with Crippen LogP contribution in [0.1, 0.15) is 69.2 Å². The van der Waals surface area contributed by atoms with Gasteiger partial charge in [-0.3, -0.25) is 28.5 Å². The number of nitrogens with one attached hydrogen (secondary N) is 4. The molecule has 0 radical (unpaired) electrons.